The van der Waals surface area contributed by atoms with Crippen molar-refractivity contribution in [2.75, 3.05) is 26.2 Å². The summed E-state index contributed by atoms with van der Waals surface area (Å²) in [4.78, 5) is 16.0. The zero-order chi connectivity index (χ0) is 15.6. The molecule has 0 unspecified atom stereocenters. The van der Waals surface area contributed by atoms with Crippen LogP contribution in [0.25, 0.3) is 11.1 Å². The summed E-state index contributed by atoms with van der Waals surface area (Å²) in [5.74, 6) is 1.72. The molecule has 2 aliphatic rings. The van der Waals surface area contributed by atoms with Gasteiger partial charge in [-0.3, -0.25) is 4.79 Å². The summed E-state index contributed by atoms with van der Waals surface area (Å²) in [5, 5.41) is 5.53. The van der Waals surface area contributed by atoms with Crippen LogP contribution in [0, 0.1) is 11.8 Å². The average molecular weight is 363 g/mol. The molecule has 128 valence electrons. The van der Waals surface area contributed by atoms with E-state index in [1.807, 2.05) is 23.6 Å². The number of halogens is 1. The molecule has 24 heavy (non-hydrogen) atoms. The van der Waals surface area contributed by atoms with Gasteiger partial charge in [0.25, 0.3) is 5.91 Å². The number of amides is 1. The van der Waals surface area contributed by atoms with Crippen molar-refractivity contribution in [1.29, 1.82) is 0 Å². The summed E-state index contributed by atoms with van der Waals surface area (Å²) in [7, 11) is 0. The lowest BCUT2D eigenvalue weighted by molar-refractivity contribution is 0.0764. The molecule has 2 aliphatic heterocycles. The van der Waals surface area contributed by atoms with Crippen molar-refractivity contribution < 1.29 is 4.79 Å². The number of nitrogens with zero attached hydrogens (tertiary/aromatic N) is 1. The number of carbonyl (C=O) groups excluding carboxylic acids is 1. The Balaban J connectivity index is 0.00000169. The van der Waals surface area contributed by atoms with E-state index < -0.39 is 0 Å². The van der Waals surface area contributed by atoms with Crippen LogP contribution in [-0.2, 0) is 0 Å². The highest BCUT2D eigenvalue weighted by molar-refractivity contribution is 7.12. The predicted molar refractivity (Wildman–Crippen MR) is 102 cm³/mol. The summed E-state index contributed by atoms with van der Waals surface area (Å²) in [6, 6.07) is 12.3. The second-order valence-electron chi connectivity index (χ2n) is 6.58. The Morgan fingerprint density at radius 3 is 2.38 bits per heavy atom. The standard InChI is InChI=1S/C19H22N2OS.ClH/c22-19(21-9-6-15-12-20-13-16(15)7-10-21)18-17(8-11-23-18)14-4-2-1-3-5-14;/h1-5,8,11,15-16,20H,6-7,9-10,12-13H2;1H/t15-,16+;. The number of carbonyl (C=O) groups is 1. The highest BCUT2D eigenvalue weighted by atomic mass is 35.5. The predicted octanol–water partition coefficient (Wildman–Crippen LogP) is 3.91. The number of thiophene rings is 1. The molecule has 1 N–H and O–H groups in total. The second-order valence-corrected chi connectivity index (χ2v) is 7.49. The molecule has 2 saturated heterocycles. The minimum absolute atomic E-state index is 0. The molecule has 2 fully saturated rings. The molecule has 1 aromatic heterocycles. The molecule has 3 heterocycles. The Hall–Kier alpha value is -1.36. The molecule has 1 amide bonds. The lowest BCUT2D eigenvalue weighted by atomic mass is 9.92. The number of rotatable bonds is 2. The first kappa shape index (κ1) is 17.5. The molecular formula is C19H23ClN2OS. The maximum atomic E-state index is 13.0. The average Bonchev–Trinajstić information content (AvgIpc) is 3.21. The van der Waals surface area contributed by atoms with Crippen LogP contribution < -0.4 is 5.32 Å². The third kappa shape index (κ3) is 3.37. The minimum Gasteiger partial charge on any atom is -0.338 e. The van der Waals surface area contributed by atoms with E-state index in [1.165, 1.54) is 0 Å². The van der Waals surface area contributed by atoms with E-state index in [0.717, 1.165) is 66.9 Å². The maximum Gasteiger partial charge on any atom is 0.264 e. The smallest absolute Gasteiger partial charge is 0.264 e. The van der Waals surface area contributed by atoms with Gasteiger partial charge in [-0.15, -0.1) is 23.7 Å². The molecule has 2 atom stereocenters. The van der Waals surface area contributed by atoms with Gasteiger partial charge in [-0.1, -0.05) is 30.3 Å². The van der Waals surface area contributed by atoms with E-state index in [-0.39, 0.29) is 18.3 Å². The van der Waals surface area contributed by atoms with Crippen LogP contribution in [0.15, 0.2) is 41.8 Å². The van der Waals surface area contributed by atoms with E-state index in [0.29, 0.717) is 0 Å². The lowest BCUT2D eigenvalue weighted by Gasteiger charge is -2.21. The van der Waals surface area contributed by atoms with Gasteiger partial charge >= 0.3 is 0 Å². The molecule has 3 nitrogen and oxygen atoms in total. The van der Waals surface area contributed by atoms with Crippen LogP contribution in [-0.4, -0.2) is 37.0 Å². The van der Waals surface area contributed by atoms with Crippen molar-refractivity contribution in [2.45, 2.75) is 12.8 Å². The molecule has 4 rings (SSSR count). The topological polar surface area (TPSA) is 32.3 Å². The molecule has 5 heteroatoms. The fourth-order valence-corrected chi connectivity index (χ4v) is 4.77. The second kappa shape index (κ2) is 7.68. The van der Waals surface area contributed by atoms with Crippen LogP contribution in [0.1, 0.15) is 22.5 Å². The van der Waals surface area contributed by atoms with E-state index in [2.05, 4.69) is 28.4 Å². The molecule has 0 bridgehead atoms. The number of likely N-dealkylation sites (tertiary alicyclic amines) is 1. The first-order chi connectivity index (χ1) is 11.3. The minimum atomic E-state index is 0. The van der Waals surface area contributed by atoms with Crippen molar-refractivity contribution >= 4 is 29.7 Å². The maximum absolute atomic E-state index is 13.0. The molecule has 0 aliphatic carbocycles. The van der Waals surface area contributed by atoms with Gasteiger partial charge in [-0.05, 0) is 54.8 Å². The number of nitrogens with one attached hydrogen (secondary N) is 1. The molecular weight excluding hydrogens is 340 g/mol. The molecule has 0 spiro atoms. The van der Waals surface area contributed by atoms with Crippen LogP contribution in [0.3, 0.4) is 0 Å². The quantitative estimate of drug-likeness (QED) is 0.878. The summed E-state index contributed by atoms with van der Waals surface area (Å²) in [5.41, 5.74) is 2.21. The van der Waals surface area contributed by atoms with Crippen molar-refractivity contribution in [3.05, 3.63) is 46.7 Å². The summed E-state index contributed by atoms with van der Waals surface area (Å²) >= 11 is 1.57. The molecule has 0 saturated carbocycles. The van der Waals surface area contributed by atoms with Gasteiger partial charge in [0, 0.05) is 18.7 Å². The Labute approximate surface area is 153 Å². The fourth-order valence-electron chi connectivity index (χ4n) is 3.88. The first-order valence-corrected chi connectivity index (χ1v) is 9.34. The third-order valence-corrected chi connectivity index (χ3v) is 6.15. The molecule has 1 aromatic carbocycles. The highest BCUT2D eigenvalue weighted by Crippen LogP contribution is 2.32. The van der Waals surface area contributed by atoms with Gasteiger partial charge in [0.15, 0.2) is 0 Å². The van der Waals surface area contributed by atoms with Crippen LogP contribution in [0.2, 0.25) is 0 Å². The number of fused-ring (bicyclic) bond motifs is 1. The summed E-state index contributed by atoms with van der Waals surface area (Å²) in [6.07, 6.45) is 2.27. The summed E-state index contributed by atoms with van der Waals surface area (Å²) in [6.45, 7) is 4.05. The van der Waals surface area contributed by atoms with E-state index in [1.54, 1.807) is 11.3 Å². The van der Waals surface area contributed by atoms with Gasteiger partial charge in [0.1, 0.15) is 0 Å². The van der Waals surface area contributed by atoms with E-state index >= 15 is 0 Å². The largest absolute Gasteiger partial charge is 0.338 e. The van der Waals surface area contributed by atoms with Crippen LogP contribution >= 0.6 is 23.7 Å². The Morgan fingerprint density at radius 2 is 1.71 bits per heavy atom. The van der Waals surface area contributed by atoms with Crippen molar-refractivity contribution in [2.24, 2.45) is 11.8 Å². The lowest BCUT2D eigenvalue weighted by Crippen LogP contribution is -2.32. The van der Waals surface area contributed by atoms with Gasteiger partial charge < -0.3 is 10.2 Å². The Bertz CT molecular complexity index is 674. The number of benzene rings is 1. The van der Waals surface area contributed by atoms with Gasteiger partial charge in [-0.2, -0.15) is 0 Å². The molecule has 0 radical (unpaired) electrons. The SMILES string of the molecule is Cl.O=C(c1sccc1-c1ccccc1)N1CC[C@@H]2CNC[C@@H]2CC1. The fraction of sp³-hybridized carbons (Fsp3) is 0.421. The first-order valence-electron chi connectivity index (χ1n) is 8.46. The normalized spacial score (nSPS) is 23.2. The van der Waals surface area contributed by atoms with E-state index in [4.69, 9.17) is 0 Å². The van der Waals surface area contributed by atoms with Crippen molar-refractivity contribution in [3.8, 4) is 11.1 Å². The number of hydrogen-bond acceptors (Lipinski definition) is 3. The van der Waals surface area contributed by atoms with Crippen LogP contribution in [0.4, 0.5) is 0 Å². The molecule has 2 aromatic rings. The van der Waals surface area contributed by atoms with Gasteiger partial charge in [0.05, 0.1) is 4.88 Å². The Morgan fingerprint density at radius 1 is 1.04 bits per heavy atom. The van der Waals surface area contributed by atoms with Crippen molar-refractivity contribution in [3.63, 3.8) is 0 Å². The Kier molecular flexibility index (Phi) is 5.59. The van der Waals surface area contributed by atoms with Gasteiger partial charge in [0.2, 0.25) is 0 Å². The van der Waals surface area contributed by atoms with Crippen LogP contribution in [0.5, 0.6) is 0 Å². The number of hydrogen-bond donors (Lipinski definition) is 1. The summed E-state index contributed by atoms with van der Waals surface area (Å²) < 4.78 is 0. The van der Waals surface area contributed by atoms with Crippen molar-refractivity contribution in [1.82, 2.24) is 10.2 Å². The highest BCUT2D eigenvalue weighted by Gasteiger charge is 2.32. The van der Waals surface area contributed by atoms with Gasteiger partial charge in [-0.25, -0.2) is 0 Å². The third-order valence-electron chi connectivity index (χ3n) is 5.25. The zero-order valence-electron chi connectivity index (χ0n) is 13.6. The monoisotopic (exact) mass is 362 g/mol. The zero-order valence-corrected chi connectivity index (χ0v) is 15.2. The van der Waals surface area contributed by atoms with E-state index in [9.17, 15) is 4.79 Å².